The maximum absolute atomic E-state index is 12.2. The van der Waals surface area contributed by atoms with Crippen molar-refractivity contribution in [3.8, 4) is 22.6 Å². The van der Waals surface area contributed by atoms with Gasteiger partial charge in [0.25, 0.3) is 0 Å². The van der Waals surface area contributed by atoms with E-state index in [4.69, 9.17) is 24.4 Å². The number of fused-ring (bicyclic) bond motifs is 1. The number of anilines is 2. The van der Waals surface area contributed by atoms with Crippen LogP contribution >= 0.6 is 0 Å². The Morgan fingerprint density at radius 1 is 0.736 bits per heavy atom. The van der Waals surface area contributed by atoms with Gasteiger partial charge in [-0.05, 0) is 66.3 Å². The Bertz CT molecular complexity index is 2380. The molecule has 1 aliphatic rings. The van der Waals surface area contributed by atoms with Crippen molar-refractivity contribution in [1.82, 2.24) is 29.7 Å². The average molecular weight is 698 g/mol. The monoisotopic (exact) mass is 697 g/mol. The second-order valence-corrected chi connectivity index (χ2v) is 13.0. The molecule has 260 valence electrons. The number of hydrogen-bond donors (Lipinski definition) is 0. The van der Waals surface area contributed by atoms with Gasteiger partial charge >= 0.3 is 0 Å². The van der Waals surface area contributed by atoms with Gasteiger partial charge in [0.15, 0.2) is 12.1 Å². The van der Waals surface area contributed by atoms with Gasteiger partial charge in [0.2, 0.25) is 12.3 Å². The highest BCUT2D eigenvalue weighted by molar-refractivity contribution is 5.97. The lowest BCUT2D eigenvalue weighted by Gasteiger charge is -2.35. The SMILES string of the molecule is O=CN(c1cccc(-c2nn(C3CCCCO3)c3ccc(-c4ncn(C(c5ccccc5)(c5ccccc5)c5ccccc5)n4)cc23)c1)c1ccno1. The molecule has 1 atom stereocenters. The molecular weight excluding hydrogens is 663 g/mol. The van der Waals surface area contributed by atoms with Gasteiger partial charge in [0.05, 0.1) is 17.4 Å². The van der Waals surface area contributed by atoms with Crippen molar-refractivity contribution in [3.05, 3.63) is 169 Å². The van der Waals surface area contributed by atoms with E-state index < -0.39 is 5.54 Å². The lowest BCUT2D eigenvalue weighted by Crippen LogP contribution is -2.38. The molecule has 3 aromatic heterocycles. The number of ether oxygens (including phenoxy) is 1. The lowest BCUT2D eigenvalue weighted by molar-refractivity contribution is -0.107. The largest absolute Gasteiger partial charge is 0.356 e. The minimum absolute atomic E-state index is 0.185. The van der Waals surface area contributed by atoms with Gasteiger partial charge in [0.1, 0.15) is 17.6 Å². The average Bonchev–Trinajstić information content (AvgIpc) is 4.02. The number of amides is 1. The summed E-state index contributed by atoms with van der Waals surface area (Å²) in [7, 11) is 0. The van der Waals surface area contributed by atoms with E-state index in [9.17, 15) is 4.79 Å². The summed E-state index contributed by atoms with van der Waals surface area (Å²) in [4.78, 5) is 18.6. The molecule has 1 aliphatic heterocycles. The number of carbonyl (C=O) groups excluding carboxylic acids is 1. The minimum atomic E-state index is -0.790. The van der Waals surface area contributed by atoms with Crippen LogP contribution in [0.1, 0.15) is 42.2 Å². The number of carbonyl (C=O) groups is 1. The standard InChI is InChI=1S/C43H35N7O3/c51-30-48(39-24-25-45-53-39)36-20-12-13-31(27-36)41-37-28-32(22-23-38(37)50(46-41)40-21-10-11-26-52-40)42-44-29-49(47-42)43(33-14-4-1-5-15-33,34-16-6-2-7-17-34)35-18-8-3-9-19-35/h1-9,12-20,22-25,27-30,40H,10-11,21,26H2. The Morgan fingerprint density at radius 2 is 1.45 bits per heavy atom. The number of benzene rings is 5. The topological polar surface area (TPSA) is 104 Å². The fourth-order valence-corrected chi connectivity index (χ4v) is 7.50. The molecule has 10 heteroatoms. The summed E-state index contributed by atoms with van der Waals surface area (Å²) in [5.74, 6) is 0.905. The first-order valence-electron chi connectivity index (χ1n) is 17.7. The minimum Gasteiger partial charge on any atom is -0.356 e. The van der Waals surface area contributed by atoms with Crippen LogP contribution in [0.4, 0.5) is 11.6 Å². The Morgan fingerprint density at radius 3 is 2.08 bits per heavy atom. The van der Waals surface area contributed by atoms with Crippen LogP contribution in [0.3, 0.4) is 0 Å². The van der Waals surface area contributed by atoms with E-state index in [1.54, 1.807) is 6.07 Å². The molecule has 0 aliphatic carbocycles. The molecule has 0 N–H and O–H groups in total. The predicted molar refractivity (Wildman–Crippen MR) is 202 cm³/mol. The second kappa shape index (κ2) is 13.8. The van der Waals surface area contributed by atoms with E-state index in [1.807, 2.05) is 58.2 Å². The molecule has 5 aromatic carbocycles. The Labute approximate surface area is 305 Å². The number of nitrogens with zero attached hydrogens (tertiary/aromatic N) is 7. The normalized spacial score (nSPS) is 14.7. The van der Waals surface area contributed by atoms with Crippen molar-refractivity contribution in [3.63, 3.8) is 0 Å². The third-order valence-corrected chi connectivity index (χ3v) is 9.97. The van der Waals surface area contributed by atoms with E-state index in [-0.39, 0.29) is 6.23 Å². The maximum atomic E-state index is 12.2. The molecule has 10 nitrogen and oxygen atoms in total. The molecule has 0 spiro atoms. The van der Waals surface area contributed by atoms with Gasteiger partial charge in [-0.1, -0.05) is 108 Å². The first kappa shape index (κ1) is 32.3. The van der Waals surface area contributed by atoms with Gasteiger partial charge in [0, 0.05) is 29.2 Å². The molecular formula is C43H35N7O3. The zero-order valence-electron chi connectivity index (χ0n) is 28.8. The van der Waals surface area contributed by atoms with Gasteiger partial charge < -0.3 is 9.26 Å². The van der Waals surface area contributed by atoms with E-state index in [2.05, 4.69) is 96.2 Å². The predicted octanol–water partition coefficient (Wildman–Crippen LogP) is 8.78. The Hall–Kier alpha value is -6.65. The van der Waals surface area contributed by atoms with Crippen LogP contribution in [-0.4, -0.2) is 42.7 Å². The fraction of sp³-hybridized carbons (Fsp3) is 0.140. The van der Waals surface area contributed by atoms with Crippen molar-refractivity contribution in [1.29, 1.82) is 0 Å². The molecule has 0 radical (unpaired) electrons. The summed E-state index contributed by atoms with van der Waals surface area (Å²) >= 11 is 0. The molecule has 1 amide bonds. The lowest BCUT2D eigenvalue weighted by atomic mass is 9.77. The van der Waals surface area contributed by atoms with Crippen LogP contribution in [0, 0.1) is 0 Å². The number of hydrogen-bond acceptors (Lipinski definition) is 7. The highest BCUT2D eigenvalue weighted by Crippen LogP contribution is 2.41. The van der Waals surface area contributed by atoms with Crippen LogP contribution < -0.4 is 4.90 Å². The highest BCUT2D eigenvalue weighted by atomic mass is 16.5. The van der Waals surface area contributed by atoms with Gasteiger partial charge in [-0.25, -0.2) is 14.3 Å². The summed E-state index contributed by atoms with van der Waals surface area (Å²) in [5.41, 5.74) is 6.41. The van der Waals surface area contributed by atoms with Crippen LogP contribution in [0.15, 0.2) is 157 Å². The third-order valence-electron chi connectivity index (χ3n) is 9.97. The molecule has 9 rings (SSSR count). The first-order chi connectivity index (χ1) is 26.2. The molecule has 1 saturated heterocycles. The Kier molecular flexibility index (Phi) is 8.41. The van der Waals surface area contributed by atoms with Crippen LogP contribution in [0.2, 0.25) is 0 Å². The molecule has 8 aromatic rings. The Balaban J connectivity index is 1.20. The molecule has 0 saturated carbocycles. The molecule has 4 heterocycles. The second-order valence-electron chi connectivity index (χ2n) is 13.0. The maximum Gasteiger partial charge on any atom is 0.238 e. The summed E-state index contributed by atoms with van der Waals surface area (Å²) in [5, 5.41) is 15.1. The van der Waals surface area contributed by atoms with E-state index in [0.717, 1.165) is 63.7 Å². The van der Waals surface area contributed by atoms with Crippen molar-refractivity contribution >= 4 is 28.9 Å². The zero-order chi connectivity index (χ0) is 35.6. The van der Waals surface area contributed by atoms with Crippen molar-refractivity contribution in [2.45, 2.75) is 31.0 Å². The van der Waals surface area contributed by atoms with E-state index in [0.29, 0.717) is 30.4 Å². The smallest absolute Gasteiger partial charge is 0.238 e. The van der Waals surface area contributed by atoms with Gasteiger partial charge in [-0.15, -0.1) is 5.10 Å². The number of rotatable bonds is 10. The van der Waals surface area contributed by atoms with Gasteiger partial charge in [-0.3, -0.25) is 9.69 Å². The van der Waals surface area contributed by atoms with E-state index in [1.165, 1.54) is 11.1 Å². The first-order valence-corrected chi connectivity index (χ1v) is 17.7. The van der Waals surface area contributed by atoms with Crippen molar-refractivity contribution in [2.24, 2.45) is 0 Å². The van der Waals surface area contributed by atoms with Crippen molar-refractivity contribution in [2.75, 3.05) is 11.5 Å². The molecule has 53 heavy (non-hydrogen) atoms. The summed E-state index contributed by atoms with van der Waals surface area (Å²) < 4.78 is 15.5. The summed E-state index contributed by atoms with van der Waals surface area (Å²) in [6.07, 6.45) is 6.83. The van der Waals surface area contributed by atoms with Crippen LogP contribution in [0.5, 0.6) is 0 Å². The molecule has 1 fully saturated rings. The summed E-state index contributed by atoms with van der Waals surface area (Å²) in [6.45, 7) is 0.688. The van der Waals surface area contributed by atoms with Crippen LogP contribution in [0.25, 0.3) is 33.5 Å². The number of aromatic nitrogens is 6. The quantitative estimate of drug-likeness (QED) is 0.104. The third kappa shape index (κ3) is 5.69. The fourth-order valence-electron chi connectivity index (χ4n) is 7.50. The van der Waals surface area contributed by atoms with E-state index >= 15 is 0 Å². The molecule has 0 bridgehead atoms. The van der Waals surface area contributed by atoms with Crippen LogP contribution in [-0.2, 0) is 15.1 Å². The molecule has 1 unspecified atom stereocenters. The van der Waals surface area contributed by atoms with Crippen molar-refractivity contribution < 1.29 is 14.1 Å². The highest BCUT2D eigenvalue weighted by Gasteiger charge is 2.39. The summed E-state index contributed by atoms with van der Waals surface area (Å²) in [6, 6.07) is 46.9. The zero-order valence-corrected chi connectivity index (χ0v) is 28.8. The van der Waals surface area contributed by atoms with Gasteiger partial charge in [-0.2, -0.15) is 5.10 Å².